The summed E-state index contributed by atoms with van der Waals surface area (Å²) in [4.78, 5) is 26.5. The Morgan fingerprint density at radius 3 is 2.48 bits per heavy atom. The SMILES string of the molecule is O=C1S/C(=C\c2ccc(-c3ccc(Cl)c(Cl)c3)o2)C(=O)N1Cc1ccccc1Cl. The lowest BCUT2D eigenvalue weighted by Crippen LogP contribution is -2.27. The Labute approximate surface area is 186 Å². The van der Waals surface area contributed by atoms with Gasteiger partial charge in [-0.3, -0.25) is 14.5 Å². The molecule has 1 aromatic heterocycles. The van der Waals surface area contributed by atoms with Gasteiger partial charge >= 0.3 is 0 Å². The Kier molecular flexibility index (Phi) is 5.74. The summed E-state index contributed by atoms with van der Waals surface area (Å²) in [5.41, 5.74) is 1.46. The molecule has 8 heteroatoms. The molecule has 2 heterocycles. The number of hydrogen-bond acceptors (Lipinski definition) is 4. The molecule has 29 heavy (non-hydrogen) atoms. The highest BCUT2D eigenvalue weighted by molar-refractivity contribution is 8.18. The summed E-state index contributed by atoms with van der Waals surface area (Å²) in [7, 11) is 0. The summed E-state index contributed by atoms with van der Waals surface area (Å²) >= 11 is 19.0. The number of thioether (sulfide) groups is 1. The van der Waals surface area contributed by atoms with E-state index in [1.165, 1.54) is 4.90 Å². The number of carbonyl (C=O) groups is 2. The Morgan fingerprint density at radius 2 is 1.72 bits per heavy atom. The van der Waals surface area contributed by atoms with Crippen LogP contribution in [0.15, 0.2) is 63.9 Å². The molecule has 0 saturated carbocycles. The molecule has 3 aromatic rings. The zero-order valence-electron chi connectivity index (χ0n) is 14.7. The van der Waals surface area contributed by atoms with Crippen LogP contribution in [0.2, 0.25) is 15.1 Å². The second kappa shape index (κ2) is 8.28. The van der Waals surface area contributed by atoms with Crippen molar-refractivity contribution in [3.63, 3.8) is 0 Å². The molecule has 0 radical (unpaired) electrons. The standard InChI is InChI=1S/C21H12Cl3NO3S/c22-15-4-2-1-3-13(15)11-25-20(26)19(29-21(25)27)10-14-6-8-18(28-14)12-5-7-16(23)17(24)9-12/h1-10H,11H2/b19-10-. The number of amides is 2. The van der Waals surface area contributed by atoms with Crippen molar-refractivity contribution >= 4 is 63.8 Å². The maximum absolute atomic E-state index is 12.7. The van der Waals surface area contributed by atoms with Crippen LogP contribution >= 0.6 is 46.6 Å². The lowest BCUT2D eigenvalue weighted by molar-refractivity contribution is -0.123. The number of carbonyl (C=O) groups excluding carboxylic acids is 2. The fourth-order valence-electron chi connectivity index (χ4n) is 2.80. The topological polar surface area (TPSA) is 50.5 Å². The summed E-state index contributed by atoms with van der Waals surface area (Å²) in [6.45, 7) is 0.119. The van der Waals surface area contributed by atoms with Crippen LogP contribution in [0.4, 0.5) is 4.79 Å². The third kappa shape index (κ3) is 4.23. The fraction of sp³-hybridized carbons (Fsp3) is 0.0476. The summed E-state index contributed by atoms with van der Waals surface area (Å²) < 4.78 is 5.79. The molecule has 1 saturated heterocycles. The maximum atomic E-state index is 12.7. The number of benzene rings is 2. The van der Waals surface area contributed by atoms with Gasteiger partial charge < -0.3 is 4.42 Å². The van der Waals surface area contributed by atoms with Crippen LogP contribution in [0.3, 0.4) is 0 Å². The van der Waals surface area contributed by atoms with Crippen molar-refractivity contribution in [2.45, 2.75) is 6.54 Å². The van der Waals surface area contributed by atoms with E-state index in [0.717, 1.165) is 17.3 Å². The third-order valence-electron chi connectivity index (χ3n) is 4.26. The minimum absolute atomic E-state index is 0.119. The summed E-state index contributed by atoms with van der Waals surface area (Å²) in [6, 6.07) is 15.8. The van der Waals surface area contributed by atoms with E-state index in [1.54, 1.807) is 54.6 Å². The first-order valence-corrected chi connectivity index (χ1v) is 10.4. The Bertz CT molecular complexity index is 1160. The fourth-order valence-corrected chi connectivity index (χ4v) is 4.11. The quantitative estimate of drug-likeness (QED) is 0.385. The molecule has 0 aliphatic carbocycles. The predicted molar refractivity (Wildman–Crippen MR) is 117 cm³/mol. The molecule has 4 rings (SSSR count). The van der Waals surface area contributed by atoms with Crippen molar-refractivity contribution in [1.82, 2.24) is 4.90 Å². The molecule has 0 N–H and O–H groups in total. The van der Waals surface area contributed by atoms with Gasteiger partial charge in [-0.1, -0.05) is 53.0 Å². The van der Waals surface area contributed by atoms with Gasteiger partial charge in [-0.25, -0.2) is 0 Å². The number of rotatable bonds is 4. The minimum atomic E-state index is -0.382. The van der Waals surface area contributed by atoms with Crippen molar-refractivity contribution in [2.75, 3.05) is 0 Å². The monoisotopic (exact) mass is 463 g/mol. The van der Waals surface area contributed by atoms with E-state index in [2.05, 4.69) is 0 Å². The van der Waals surface area contributed by atoms with Gasteiger partial charge in [-0.2, -0.15) is 0 Å². The van der Waals surface area contributed by atoms with Gasteiger partial charge in [0, 0.05) is 16.7 Å². The summed E-state index contributed by atoms with van der Waals surface area (Å²) in [5.74, 6) is 0.645. The van der Waals surface area contributed by atoms with E-state index in [9.17, 15) is 9.59 Å². The van der Waals surface area contributed by atoms with Crippen LogP contribution in [0.5, 0.6) is 0 Å². The van der Waals surface area contributed by atoms with E-state index in [4.69, 9.17) is 39.2 Å². The zero-order valence-corrected chi connectivity index (χ0v) is 17.8. The predicted octanol–water partition coefficient (Wildman–Crippen LogP) is 7.14. The van der Waals surface area contributed by atoms with Crippen molar-refractivity contribution in [3.05, 3.63) is 85.9 Å². The smallest absolute Gasteiger partial charge is 0.293 e. The average Bonchev–Trinajstić information content (AvgIpc) is 3.26. The van der Waals surface area contributed by atoms with Gasteiger partial charge in [0.15, 0.2) is 0 Å². The molecule has 0 spiro atoms. The third-order valence-corrected chi connectivity index (χ3v) is 6.28. The molecule has 2 aromatic carbocycles. The Morgan fingerprint density at radius 1 is 0.931 bits per heavy atom. The Balaban J connectivity index is 1.55. The highest BCUT2D eigenvalue weighted by atomic mass is 35.5. The van der Waals surface area contributed by atoms with Crippen LogP contribution in [0, 0.1) is 0 Å². The average molecular weight is 465 g/mol. The lowest BCUT2D eigenvalue weighted by atomic mass is 10.2. The second-order valence-electron chi connectivity index (χ2n) is 6.19. The van der Waals surface area contributed by atoms with Gasteiger partial charge in [-0.05, 0) is 53.7 Å². The van der Waals surface area contributed by atoms with Crippen LogP contribution in [0.1, 0.15) is 11.3 Å². The summed E-state index contributed by atoms with van der Waals surface area (Å²) in [6.07, 6.45) is 1.55. The van der Waals surface area contributed by atoms with E-state index >= 15 is 0 Å². The van der Waals surface area contributed by atoms with Crippen LogP contribution in [0.25, 0.3) is 17.4 Å². The van der Waals surface area contributed by atoms with E-state index in [1.807, 2.05) is 6.07 Å². The normalized spacial score (nSPS) is 15.6. The van der Waals surface area contributed by atoms with Crippen molar-refractivity contribution in [3.8, 4) is 11.3 Å². The van der Waals surface area contributed by atoms with Crippen molar-refractivity contribution in [2.24, 2.45) is 0 Å². The first-order valence-electron chi connectivity index (χ1n) is 8.46. The minimum Gasteiger partial charge on any atom is -0.457 e. The number of hydrogen-bond donors (Lipinski definition) is 0. The number of halogens is 3. The number of nitrogens with zero attached hydrogens (tertiary/aromatic N) is 1. The van der Waals surface area contributed by atoms with Gasteiger partial charge in [0.25, 0.3) is 11.1 Å². The van der Waals surface area contributed by atoms with E-state index in [-0.39, 0.29) is 22.6 Å². The molecule has 1 aliphatic rings. The van der Waals surface area contributed by atoms with Gasteiger partial charge in [0.1, 0.15) is 11.5 Å². The van der Waals surface area contributed by atoms with Gasteiger partial charge in [0.2, 0.25) is 0 Å². The number of furan rings is 1. The highest BCUT2D eigenvalue weighted by Gasteiger charge is 2.35. The molecule has 0 unspecified atom stereocenters. The molecule has 0 bridgehead atoms. The molecule has 0 atom stereocenters. The van der Waals surface area contributed by atoms with E-state index < -0.39 is 0 Å². The first-order chi connectivity index (χ1) is 13.9. The van der Waals surface area contributed by atoms with Crippen LogP contribution < -0.4 is 0 Å². The molecule has 4 nitrogen and oxygen atoms in total. The molecular weight excluding hydrogens is 453 g/mol. The zero-order chi connectivity index (χ0) is 20.5. The summed E-state index contributed by atoms with van der Waals surface area (Å²) in [5, 5.41) is 1.03. The second-order valence-corrected chi connectivity index (χ2v) is 8.40. The number of imide groups is 1. The van der Waals surface area contributed by atoms with Crippen molar-refractivity contribution in [1.29, 1.82) is 0 Å². The molecule has 2 amide bonds. The van der Waals surface area contributed by atoms with Crippen LogP contribution in [-0.2, 0) is 11.3 Å². The van der Waals surface area contributed by atoms with Gasteiger partial charge in [0.05, 0.1) is 21.5 Å². The molecule has 1 aliphatic heterocycles. The lowest BCUT2D eigenvalue weighted by Gasteiger charge is -2.13. The van der Waals surface area contributed by atoms with E-state index in [0.29, 0.717) is 32.2 Å². The highest BCUT2D eigenvalue weighted by Crippen LogP contribution is 2.35. The van der Waals surface area contributed by atoms with Crippen molar-refractivity contribution < 1.29 is 14.0 Å². The first kappa shape index (κ1) is 20.1. The Hall–Kier alpha value is -2.18. The van der Waals surface area contributed by atoms with Crippen LogP contribution in [-0.4, -0.2) is 16.0 Å². The maximum Gasteiger partial charge on any atom is 0.293 e. The largest absolute Gasteiger partial charge is 0.457 e. The van der Waals surface area contributed by atoms with Gasteiger partial charge in [-0.15, -0.1) is 0 Å². The molecular formula is C21H12Cl3NO3S. The molecule has 1 fully saturated rings. The molecule has 146 valence electrons.